The SMILES string of the molecule is CCNCCC(=O)NC(C)CCC(=O)O. The Hall–Kier alpha value is -1.10. The Labute approximate surface area is 90.2 Å². The summed E-state index contributed by atoms with van der Waals surface area (Å²) in [7, 11) is 0. The predicted octanol–water partition coefficient (Wildman–Crippen LogP) is 0.355. The van der Waals surface area contributed by atoms with Gasteiger partial charge in [-0.1, -0.05) is 6.92 Å². The summed E-state index contributed by atoms with van der Waals surface area (Å²) >= 11 is 0. The molecule has 0 rings (SSSR count). The molecule has 1 amide bonds. The van der Waals surface area contributed by atoms with Crippen LogP contribution in [-0.4, -0.2) is 36.1 Å². The van der Waals surface area contributed by atoms with Crippen molar-refractivity contribution in [1.82, 2.24) is 10.6 Å². The Morgan fingerprint density at radius 2 is 2.00 bits per heavy atom. The smallest absolute Gasteiger partial charge is 0.303 e. The first-order valence-corrected chi connectivity index (χ1v) is 5.28. The second-order valence-corrected chi connectivity index (χ2v) is 3.50. The van der Waals surface area contributed by atoms with Crippen LogP contribution in [0.5, 0.6) is 0 Å². The van der Waals surface area contributed by atoms with Crippen LogP contribution in [0.4, 0.5) is 0 Å². The molecule has 3 N–H and O–H groups in total. The molecule has 0 aromatic rings. The van der Waals surface area contributed by atoms with Crippen LogP contribution in [0.3, 0.4) is 0 Å². The zero-order valence-corrected chi connectivity index (χ0v) is 9.38. The predicted molar refractivity (Wildman–Crippen MR) is 57.6 cm³/mol. The van der Waals surface area contributed by atoms with E-state index in [1.165, 1.54) is 0 Å². The molecule has 0 aliphatic rings. The molecule has 88 valence electrons. The molecular formula is C10H20N2O3. The molecule has 0 aliphatic carbocycles. The van der Waals surface area contributed by atoms with Crippen molar-refractivity contribution in [2.45, 2.75) is 39.2 Å². The van der Waals surface area contributed by atoms with Gasteiger partial charge in [-0.3, -0.25) is 9.59 Å². The van der Waals surface area contributed by atoms with E-state index in [9.17, 15) is 9.59 Å². The van der Waals surface area contributed by atoms with Gasteiger partial charge in [0.25, 0.3) is 0 Å². The van der Waals surface area contributed by atoms with E-state index in [0.717, 1.165) is 6.54 Å². The highest BCUT2D eigenvalue weighted by molar-refractivity contribution is 5.76. The van der Waals surface area contributed by atoms with Crippen LogP contribution in [0.15, 0.2) is 0 Å². The summed E-state index contributed by atoms with van der Waals surface area (Å²) in [6.07, 6.45) is 1.00. The molecule has 1 unspecified atom stereocenters. The van der Waals surface area contributed by atoms with Crippen LogP contribution < -0.4 is 10.6 Å². The standard InChI is InChI=1S/C10H20N2O3/c1-3-11-7-6-9(13)12-8(2)4-5-10(14)15/h8,11H,3-7H2,1-2H3,(H,12,13)(H,14,15). The summed E-state index contributed by atoms with van der Waals surface area (Å²) in [5.74, 6) is -0.863. The third-order valence-electron chi connectivity index (χ3n) is 1.98. The van der Waals surface area contributed by atoms with Gasteiger partial charge in [-0.25, -0.2) is 0 Å². The van der Waals surface area contributed by atoms with Crippen molar-refractivity contribution >= 4 is 11.9 Å². The maximum absolute atomic E-state index is 11.3. The lowest BCUT2D eigenvalue weighted by atomic mass is 10.2. The number of nitrogens with one attached hydrogen (secondary N) is 2. The van der Waals surface area contributed by atoms with Gasteiger partial charge in [0, 0.05) is 25.4 Å². The van der Waals surface area contributed by atoms with Gasteiger partial charge in [-0.15, -0.1) is 0 Å². The molecule has 1 atom stereocenters. The number of carboxylic acid groups (broad SMARTS) is 1. The number of carboxylic acids is 1. The summed E-state index contributed by atoms with van der Waals surface area (Å²) < 4.78 is 0. The maximum Gasteiger partial charge on any atom is 0.303 e. The highest BCUT2D eigenvalue weighted by Gasteiger charge is 2.08. The lowest BCUT2D eigenvalue weighted by molar-refractivity contribution is -0.137. The number of aliphatic carboxylic acids is 1. The molecule has 5 heteroatoms. The first kappa shape index (κ1) is 13.9. The van der Waals surface area contributed by atoms with Crippen LogP contribution in [-0.2, 0) is 9.59 Å². The van der Waals surface area contributed by atoms with Crippen molar-refractivity contribution < 1.29 is 14.7 Å². The first-order valence-electron chi connectivity index (χ1n) is 5.28. The van der Waals surface area contributed by atoms with Gasteiger partial charge in [0.05, 0.1) is 0 Å². The third-order valence-corrected chi connectivity index (χ3v) is 1.98. The molecule has 0 aromatic carbocycles. The lowest BCUT2D eigenvalue weighted by Gasteiger charge is -2.12. The highest BCUT2D eigenvalue weighted by Crippen LogP contribution is 1.96. The van der Waals surface area contributed by atoms with Crippen molar-refractivity contribution in [3.8, 4) is 0 Å². The minimum absolute atomic E-state index is 0.0335. The first-order chi connectivity index (χ1) is 7.06. The van der Waals surface area contributed by atoms with E-state index in [-0.39, 0.29) is 18.4 Å². The van der Waals surface area contributed by atoms with Crippen molar-refractivity contribution in [3.63, 3.8) is 0 Å². The fourth-order valence-electron chi connectivity index (χ4n) is 1.14. The maximum atomic E-state index is 11.3. The normalized spacial score (nSPS) is 12.1. The van der Waals surface area contributed by atoms with Crippen molar-refractivity contribution in [2.75, 3.05) is 13.1 Å². The molecular weight excluding hydrogens is 196 g/mol. The zero-order chi connectivity index (χ0) is 11.7. The average Bonchev–Trinajstić information content (AvgIpc) is 2.15. The summed E-state index contributed by atoms with van der Waals surface area (Å²) in [4.78, 5) is 21.6. The van der Waals surface area contributed by atoms with Gasteiger partial charge < -0.3 is 15.7 Å². The monoisotopic (exact) mass is 216 g/mol. The largest absolute Gasteiger partial charge is 0.481 e. The summed E-state index contributed by atoms with van der Waals surface area (Å²) in [6.45, 7) is 5.30. The van der Waals surface area contributed by atoms with E-state index in [2.05, 4.69) is 10.6 Å². The summed E-state index contributed by atoms with van der Waals surface area (Å²) in [6, 6.07) is -0.0739. The van der Waals surface area contributed by atoms with Crippen LogP contribution in [0.1, 0.15) is 33.1 Å². The van der Waals surface area contributed by atoms with Gasteiger partial charge in [-0.05, 0) is 19.9 Å². The molecule has 5 nitrogen and oxygen atoms in total. The number of hydrogen-bond donors (Lipinski definition) is 3. The molecule has 0 saturated heterocycles. The Kier molecular flexibility index (Phi) is 7.62. The van der Waals surface area contributed by atoms with E-state index in [1.54, 1.807) is 0 Å². The number of carbonyl (C=O) groups is 2. The second kappa shape index (κ2) is 8.23. The van der Waals surface area contributed by atoms with Gasteiger partial charge >= 0.3 is 5.97 Å². The summed E-state index contributed by atoms with van der Waals surface area (Å²) in [5.41, 5.74) is 0. The molecule has 0 saturated carbocycles. The van der Waals surface area contributed by atoms with Crippen molar-refractivity contribution in [2.24, 2.45) is 0 Å². The Bertz CT molecular complexity index is 207. The molecule has 0 fully saturated rings. The van der Waals surface area contributed by atoms with Gasteiger partial charge in [0.15, 0.2) is 0 Å². The molecule has 0 bridgehead atoms. The molecule has 0 aliphatic heterocycles. The van der Waals surface area contributed by atoms with Crippen molar-refractivity contribution in [1.29, 1.82) is 0 Å². The van der Waals surface area contributed by atoms with Crippen LogP contribution in [0.25, 0.3) is 0 Å². The number of carbonyl (C=O) groups excluding carboxylic acids is 1. The Balaban J connectivity index is 3.53. The topological polar surface area (TPSA) is 78.4 Å². The molecule has 15 heavy (non-hydrogen) atoms. The molecule has 0 heterocycles. The molecule has 0 aromatic heterocycles. The third kappa shape index (κ3) is 9.21. The number of rotatable bonds is 8. The lowest BCUT2D eigenvalue weighted by Crippen LogP contribution is -2.34. The van der Waals surface area contributed by atoms with E-state index in [0.29, 0.717) is 19.4 Å². The van der Waals surface area contributed by atoms with Gasteiger partial charge in [0.1, 0.15) is 0 Å². The van der Waals surface area contributed by atoms with Crippen LogP contribution in [0, 0.1) is 0 Å². The second-order valence-electron chi connectivity index (χ2n) is 3.50. The van der Waals surface area contributed by atoms with Crippen LogP contribution in [0.2, 0.25) is 0 Å². The average molecular weight is 216 g/mol. The van der Waals surface area contributed by atoms with E-state index < -0.39 is 5.97 Å². The Morgan fingerprint density at radius 1 is 1.33 bits per heavy atom. The Morgan fingerprint density at radius 3 is 2.53 bits per heavy atom. The van der Waals surface area contributed by atoms with E-state index in [1.807, 2.05) is 13.8 Å². The fourth-order valence-corrected chi connectivity index (χ4v) is 1.14. The van der Waals surface area contributed by atoms with Crippen LogP contribution >= 0.6 is 0 Å². The fraction of sp³-hybridized carbons (Fsp3) is 0.800. The van der Waals surface area contributed by atoms with Crippen molar-refractivity contribution in [3.05, 3.63) is 0 Å². The van der Waals surface area contributed by atoms with E-state index >= 15 is 0 Å². The molecule has 0 radical (unpaired) electrons. The van der Waals surface area contributed by atoms with Gasteiger partial charge in [-0.2, -0.15) is 0 Å². The minimum Gasteiger partial charge on any atom is -0.481 e. The zero-order valence-electron chi connectivity index (χ0n) is 9.38. The highest BCUT2D eigenvalue weighted by atomic mass is 16.4. The quantitative estimate of drug-likeness (QED) is 0.512. The number of hydrogen-bond acceptors (Lipinski definition) is 3. The van der Waals surface area contributed by atoms with E-state index in [4.69, 9.17) is 5.11 Å². The summed E-state index contributed by atoms with van der Waals surface area (Å²) in [5, 5.41) is 14.2. The molecule has 0 spiro atoms. The number of amides is 1. The van der Waals surface area contributed by atoms with Gasteiger partial charge in [0.2, 0.25) is 5.91 Å². The minimum atomic E-state index is -0.830.